The van der Waals surface area contributed by atoms with Crippen molar-refractivity contribution in [2.45, 2.75) is 26.8 Å². The Kier molecular flexibility index (Phi) is 2.61. The van der Waals surface area contributed by atoms with Crippen molar-refractivity contribution in [3.05, 3.63) is 18.0 Å². The highest BCUT2D eigenvalue weighted by Crippen LogP contribution is 2.28. The van der Waals surface area contributed by atoms with Gasteiger partial charge in [-0.25, -0.2) is 0 Å². The van der Waals surface area contributed by atoms with Crippen molar-refractivity contribution < 1.29 is 4.79 Å². The number of aryl methyl sites for hydroxylation is 1. The van der Waals surface area contributed by atoms with Crippen LogP contribution < -0.4 is 5.32 Å². The van der Waals surface area contributed by atoms with Gasteiger partial charge in [-0.15, -0.1) is 0 Å². The first-order chi connectivity index (χ1) is 7.17. The molecule has 1 saturated heterocycles. The van der Waals surface area contributed by atoms with Gasteiger partial charge >= 0.3 is 0 Å². The minimum absolute atomic E-state index is 0.215. The van der Waals surface area contributed by atoms with Crippen LogP contribution in [0.25, 0.3) is 0 Å². The van der Waals surface area contributed by atoms with Crippen molar-refractivity contribution in [2.24, 2.45) is 5.41 Å². The van der Waals surface area contributed by atoms with Crippen molar-refractivity contribution in [3.8, 4) is 0 Å². The average molecular weight is 207 g/mol. The molecule has 0 aromatic carbocycles. The number of hydrogen-bond donors (Lipinski definition) is 1. The largest absolute Gasteiger partial charge is 0.316 e. The van der Waals surface area contributed by atoms with Crippen LogP contribution in [0.1, 0.15) is 30.8 Å². The first-order valence-corrected chi connectivity index (χ1v) is 5.45. The van der Waals surface area contributed by atoms with Gasteiger partial charge in [-0.3, -0.25) is 9.48 Å². The Labute approximate surface area is 89.7 Å². The van der Waals surface area contributed by atoms with Crippen LogP contribution in [0.5, 0.6) is 0 Å². The van der Waals surface area contributed by atoms with Gasteiger partial charge in [0.15, 0.2) is 5.78 Å². The van der Waals surface area contributed by atoms with E-state index in [0.29, 0.717) is 0 Å². The molecule has 82 valence electrons. The highest BCUT2D eigenvalue weighted by molar-refractivity contribution is 5.99. The summed E-state index contributed by atoms with van der Waals surface area (Å²) in [6.45, 7) is 6.49. The Hall–Kier alpha value is -1.16. The lowest BCUT2D eigenvalue weighted by Gasteiger charge is -2.20. The minimum Gasteiger partial charge on any atom is -0.316 e. The van der Waals surface area contributed by atoms with E-state index in [2.05, 4.69) is 10.4 Å². The average Bonchev–Trinajstić information content (AvgIpc) is 2.85. The molecule has 15 heavy (non-hydrogen) atoms. The first kappa shape index (κ1) is 10.4. The second-order valence-electron chi connectivity index (χ2n) is 4.35. The summed E-state index contributed by atoms with van der Waals surface area (Å²) in [6, 6.07) is 1.81. The van der Waals surface area contributed by atoms with E-state index in [1.54, 1.807) is 10.9 Å². The number of Topliss-reactive ketones (excluding diaryl/α,β-unsaturated/α-hetero) is 1. The van der Waals surface area contributed by atoms with Crippen LogP contribution in [-0.4, -0.2) is 28.7 Å². The van der Waals surface area contributed by atoms with E-state index in [0.717, 1.165) is 31.7 Å². The molecule has 2 rings (SSSR count). The van der Waals surface area contributed by atoms with Gasteiger partial charge in [0.25, 0.3) is 0 Å². The minimum atomic E-state index is -0.243. The molecule has 2 heterocycles. The van der Waals surface area contributed by atoms with Crippen LogP contribution in [-0.2, 0) is 6.54 Å². The summed E-state index contributed by atoms with van der Waals surface area (Å²) in [5.41, 5.74) is 0.496. The van der Waals surface area contributed by atoms with Crippen LogP contribution in [0.2, 0.25) is 0 Å². The fraction of sp³-hybridized carbons (Fsp3) is 0.636. The molecule has 1 aliphatic heterocycles. The van der Waals surface area contributed by atoms with E-state index in [4.69, 9.17) is 0 Å². The number of ketones is 1. The summed E-state index contributed by atoms with van der Waals surface area (Å²) < 4.78 is 1.77. The number of nitrogens with zero attached hydrogens (tertiary/aromatic N) is 2. The molecule has 1 unspecified atom stereocenters. The van der Waals surface area contributed by atoms with Crippen LogP contribution in [0, 0.1) is 5.41 Å². The Balaban J connectivity index is 2.27. The molecule has 4 heteroatoms. The predicted molar refractivity (Wildman–Crippen MR) is 57.8 cm³/mol. The first-order valence-electron chi connectivity index (χ1n) is 5.45. The second kappa shape index (κ2) is 3.77. The molecule has 0 spiro atoms. The molecular formula is C11H17N3O. The third-order valence-electron chi connectivity index (χ3n) is 3.17. The maximum absolute atomic E-state index is 12.3. The standard InChI is InChI=1S/C11H17N3O/c1-3-14-9(4-6-13-14)10(15)11(2)5-7-12-8-11/h4,6,12H,3,5,7-8H2,1-2H3. The monoisotopic (exact) mass is 207 g/mol. The molecule has 1 aromatic heterocycles. The summed E-state index contributed by atoms with van der Waals surface area (Å²) in [7, 11) is 0. The fourth-order valence-corrected chi connectivity index (χ4v) is 2.10. The highest BCUT2D eigenvalue weighted by Gasteiger charge is 2.37. The summed E-state index contributed by atoms with van der Waals surface area (Å²) in [4.78, 5) is 12.3. The molecule has 0 amide bonds. The van der Waals surface area contributed by atoms with Crippen LogP contribution in [0.15, 0.2) is 12.3 Å². The van der Waals surface area contributed by atoms with Gasteiger partial charge in [-0.05, 0) is 26.0 Å². The van der Waals surface area contributed by atoms with Crippen molar-refractivity contribution in [2.75, 3.05) is 13.1 Å². The van der Waals surface area contributed by atoms with E-state index in [-0.39, 0.29) is 11.2 Å². The number of carbonyl (C=O) groups is 1. The molecule has 1 fully saturated rings. The molecule has 1 aromatic rings. The third-order valence-corrected chi connectivity index (χ3v) is 3.17. The molecule has 1 N–H and O–H groups in total. The van der Waals surface area contributed by atoms with Gasteiger partial charge in [0.2, 0.25) is 0 Å². The SMILES string of the molecule is CCn1nccc1C(=O)C1(C)CCNC1. The van der Waals surface area contributed by atoms with Gasteiger partial charge < -0.3 is 5.32 Å². The van der Waals surface area contributed by atoms with Crippen molar-refractivity contribution >= 4 is 5.78 Å². The maximum Gasteiger partial charge on any atom is 0.188 e. The van der Waals surface area contributed by atoms with Crippen molar-refractivity contribution in [3.63, 3.8) is 0 Å². The maximum atomic E-state index is 12.3. The Morgan fingerprint density at radius 1 is 1.73 bits per heavy atom. The van der Waals surface area contributed by atoms with Crippen LogP contribution >= 0.6 is 0 Å². The summed E-state index contributed by atoms with van der Waals surface area (Å²) >= 11 is 0. The number of rotatable bonds is 3. The van der Waals surface area contributed by atoms with Crippen molar-refractivity contribution in [1.29, 1.82) is 0 Å². The number of hydrogen-bond acceptors (Lipinski definition) is 3. The van der Waals surface area contributed by atoms with Gasteiger partial charge in [0.1, 0.15) is 5.69 Å². The molecule has 0 saturated carbocycles. The molecule has 1 atom stereocenters. The zero-order valence-electron chi connectivity index (χ0n) is 9.29. The van der Waals surface area contributed by atoms with Gasteiger partial charge in [-0.1, -0.05) is 6.92 Å². The molecule has 1 aliphatic rings. The summed E-state index contributed by atoms with van der Waals surface area (Å²) in [5, 5.41) is 7.38. The van der Waals surface area contributed by atoms with Gasteiger partial charge in [0.05, 0.1) is 0 Å². The summed E-state index contributed by atoms with van der Waals surface area (Å²) in [5.74, 6) is 0.215. The second-order valence-corrected chi connectivity index (χ2v) is 4.35. The zero-order valence-corrected chi connectivity index (χ0v) is 9.29. The topological polar surface area (TPSA) is 46.9 Å². The summed E-state index contributed by atoms with van der Waals surface area (Å²) in [6.07, 6.45) is 2.61. The van der Waals surface area contributed by atoms with Crippen LogP contribution in [0.3, 0.4) is 0 Å². The molecule has 0 bridgehead atoms. The smallest absolute Gasteiger partial charge is 0.188 e. The lowest BCUT2D eigenvalue weighted by atomic mass is 9.83. The van der Waals surface area contributed by atoms with Crippen molar-refractivity contribution in [1.82, 2.24) is 15.1 Å². The van der Waals surface area contributed by atoms with E-state index >= 15 is 0 Å². The normalized spacial score (nSPS) is 25.7. The van der Waals surface area contributed by atoms with E-state index in [1.807, 2.05) is 19.9 Å². The quantitative estimate of drug-likeness (QED) is 0.755. The molecular weight excluding hydrogens is 190 g/mol. The number of carbonyl (C=O) groups excluding carboxylic acids is 1. The van der Waals surface area contributed by atoms with E-state index in [9.17, 15) is 4.79 Å². The number of nitrogens with one attached hydrogen (secondary N) is 1. The zero-order chi connectivity index (χ0) is 10.9. The van der Waals surface area contributed by atoms with Crippen LogP contribution in [0.4, 0.5) is 0 Å². The van der Waals surface area contributed by atoms with E-state index < -0.39 is 0 Å². The third kappa shape index (κ3) is 1.69. The molecule has 4 nitrogen and oxygen atoms in total. The Bertz CT molecular complexity index is 364. The highest BCUT2D eigenvalue weighted by atomic mass is 16.1. The number of aromatic nitrogens is 2. The van der Waals surface area contributed by atoms with E-state index in [1.165, 1.54) is 0 Å². The lowest BCUT2D eigenvalue weighted by Crippen LogP contribution is -2.31. The molecule has 0 aliphatic carbocycles. The lowest BCUT2D eigenvalue weighted by molar-refractivity contribution is 0.0827. The molecule has 0 radical (unpaired) electrons. The Morgan fingerprint density at radius 2 is 2.53 bits per heavy atom. The Morgan fingerprint density at radius 3 is 3.13 bits per heavy atom. The fourth-order valence-electron chi connectivity index (χ4n) is 2.10. The van der Waals surface area contributed by atoms with Gasteiger partial charge in [-0.2, -0.15) is 5.10 Å². The van der Waals surface area contributed by atoms with Gasteiger partial charge in [0, 0.05) is 24.7 Å². The predicted octanol–water partition coefficient (Wildman–Crippen LogP) is 1.09.